The zero-order valence-corrected chi connectivity index (χ0v) is 20.1. The van der Waals surface area contributed by atoms with Gasteiger partial charge in [-0.25, -0.2) is 9.78 Å². The number of Topliss-reactive ketones (excluding diaryl/α,β-unsaturated/α-hetero) is 1. The Morgan fingerprint density at radius 2 is 1.89 bits per heavy atom. The van der Waals surface area contributed by atoms with E-state index >= 15 is 0 Å². The van der Waals surface area contributed by atoms with Crippen LogP contribution in [0.2, 0.25) is 0 Å². The highest BCUT2D eigenvalue weighted by Crippen LogP contribution is 2.29. The topological polar surface area (TPSA) is 106 Å². The molecule has 0 bridgehead atoms. The predicted molar refractivity (Wildman–Crippen MR) is 128 cm³/mol. The molecule has 1 aliphatic carbocycles. The number of ether oxygens (including phenoxy) is 2. The third kappa shape index (κ3) is 6.59. The molecule has 2 aromatic rings. The van der Waals surface area contributed by atoms with Crippen molar-refractivity contribution in [2.75, 3.05) is 13.7 Å². The number of aliphatic carboxylic acids is 1. The molecule has 8 nitrogen and oxygen atoms in total. The number of rotatable bonds is 8. The molecule has 1 amide bonds. The zero-order valence-electron chi connectivity index (χ0n) is 20.1. The van der Waals surface area contributed by atoms with Gasteiger partial charge in [0.25, 0.3) is 0 Å². The average molecular weight is 481 g/mol. The monoisotopic (exact) mass is 480 g/mol. The Morgan fingerprint density at radius 3 is 2.63 bits per heavy atom. The fourth-order valence-corrected chi connectivity index (χ4v) is 5.04. The Balaban J connectivity index is 1.28. The molecule has 0 unspecified atom stereocenters. The van der Waals surface area contributed by atoms with Crippen molar-refractivity contribution in [1.29, 1.82) is 0 Å². The van der Waals surface area contributed by atoms with Crippen molar-refractivity contribution >= 4 is 17.8 Å². The first-order valence-electron chi connectivity index (χ1n) is 12.2. The molecule has 8 heteroatoms. The minimum atomic E-state index is -0.765. The number of nitrogens with zero attached hydrogens (tertiary/aromatic N) is 2. The summed E-state index contributed by atoms with van der Waals surface area (Å²) in [5, 5.41) is 8.95. The molecule has 1 fully saturated rings. The van der Waals surface area contributed by atoms with Crippen LogP contribution in [0, 0.1) is 5.92 Å². The second-order valence-electron chi connectivity index (χ2n) is 9.46. The van der Waals surface area contributed by atoms with Crippen LogP contribution in [0.5, 0.6) is 5.88 Å². The second kappa shape index (κ2) is 11.3. The maximum atomic E-state index is 12.7. The van der Waals surface area contributed by atoms with Crippen molar-refractivity contribution in [3.63, 3.8) is 0 Å². The number of fused-ring (bicyclic) bond motifs is 1. The third-order valence-corrected chi connectivity index (χ3v) is 6.90. The number of hydrogen-bond donors (Lipinski definition) is 1. The lowest BCUT2D eigenvalue weighted by Crippen LogP contribution is -2.39. The van der Waals surface area contributed by atoms with E-state index in [-0.39, 0.29) is 36.7 Å². The number of methoxy groups -OCH3 is 1. The number of aromatic nitrogens is 1. The molecule has 0 saturated heterocycles. The van der Waals surface area contributed by atoms with Gasteiger partial charge in [0.1, 0.15) is 11.9 Å². The number of carbonyl (C=O) groups is 3. The molecule has 2 aliphatic rings. The lowest BCUT2D eigenvalue weighted by atomic mass is 9.85. The molecule has 2 heterocycles. The van der Waals surface area contributed by atoms with Gasteiger partial charge in [-0.1, -0.05) is 24.3 Å². The standard InChI is InChI=1S/C27H32N2O6/c1-34-26-21(3-2-11-28-26)16-23(30)14-19-4-7-22-17-29(12-10-20(22)13-19)27(33)35-24-8-5-18(6-9-24)15-25(31)32/h2-4,7,11,13,18,24H,5-6,8-10,12,14-17H2,1H3,(H,31,32). The summed E-state index contributed by atoms with van der Waals surface area (Å²) >= 11 is 0. The zero-order chi connectivity index (χ0) is 24.8. The third-order valence-electron chi connectivity index (χ3n) is 6.90. The van der Waals surface area contributed by atoms with E-state index in [4.69, 9.17) is 14.6 Å². The van der Waals surface area contributed by atoms with E-state index in [9.17, 15) is 14.4 Å². The summed E-state index contributed by atoms with van der Waals surface area (Å²) in [6, 6.07) is 9.67. The Kier molecular flexibility index (Phi) is 8.00. The van der Waals surface area contributed by atoms with Gasteiger partial charge in [-0.05, 0) is 60.8 Å². The smallest absolute Gasteiger partial charge is 0.410 e. The molecule has 1 aromatic heterocycles. The number of benzene rings is 1. The first-order valence-corrected chi connectivity index (χ1v) is 12.2. The van der Waals surface area contributed by atoms with Gasteiger partial charge >= 0.3 is 12.1 Å². The number of hydrogen-bond acceptors (Lipinski definition) is 6. The highest BCUT2D eigenvalue weighted by molar-refractivity contribution is 5.83. The van der Waals surface area contributed by atoms with Crippen LogP contribution in [0.1, 0.15) is 54.4 Å². The molecule has 35 heavy (non-hydrogen) atoms. The van der Waals surface area contributed by atoms with Gasteiger partial charge in [0.15, 0.2) is 0 Å². The van der Waals surface area contributed by atoms with Crippen LogP contribution in [0.25, 0.3) is 0 Å². The normalized spacial score (nSPS) is 19.5. The van der Waals surface area contributed by atoms with Gasteiger partial charge in [-0.2, -0.15) is 0 Å². The van der Waals surface area contributed by atoms with Gasteiger partial charge in [0.05, 0.1) is 7.11 Å². The molecule has 1 saturated carbocycles. The van der Waals surface area contributed by atoms with Crippen molar-refractivity contribution in [2.24, 2.45) is 5.92 Å². The lowest BCUT2D eigenvalue weighted by molar-refractivity contribution is -0.138. The maximum absolute atomic E-state index is 12.7. The summed E-state index contributed by atoms with van der Waals surface area (Å²) in [5.41, 5.74) is 3.98. The Labute approximate surface area is 205 Å². The van der Waals surface area contributed by atoms with E-state index in [0.717, 1.165) is 47.9 Å². The fourth-order valence-electron chi connectivity index (χ4n) is 5.04. The maximum Gasteiger partial charge on any atom is 0.410 e. The highest BCUT2D eigenvalue weighted by Gasteiger charge is 2.28. The lowest BCUT2D eigenvalue weighted by Gasteiger charge is -2.32. The molecule has 0 radical (unpaired) electrons. The van der Waals surface area contributed by atoms with Crippen molar-refractivity contribution in [3.05, 3.63) is 58.8 Å². The van der Waals surface area contributed by atoms with Crippen LogP contribution in [-0.4, -0.2) is 52.6 Å². The Morgan fingerprint density at radius 1 is 1.09 bits per heavy atom. The number of amides is 1. The van der Waals surface area contributed by atoms with Crippen molar-refractivity contribution < 1.29 is 29.0 Å². The molecule has 4 rings (SSSR count). The van der Waals surface area contributed by atoms with E-state index < -0.39 is 5.97 Å². The van der Waals surface area contributed by atoms with E-state index in [2.05, 4.69) is 11.1 Å². The van der Waals surface area contributed by atoms with Crippen LogP contribution in [0.15, 0.2) is 36.5 Å². The van der Waals surface area contributed by atoms with Gasteiger partial charge in [0.2, 0.25) is 5.88 Å². The Hall–Kier alpha value is -3.42. The summed E-state index contributed by atoms with van der Waals surface area (Å²) in [5.74, 6) is -0.0163. The van der Waals surface area contributed by atoms with E-state index in [1.54, 1.807) is 24.3 Å². The summed E-state index contributed by atoms with van der Waals surface area (Å²) in [4.78, 5) is 42.1. The number of carboxylic acids is 1. The van der Waals surface area contributed by atoms with Gasteiger partial charge in [0, 0.05) is 44.1 Å². The van der Waals surface area contributed by atoms with Gasteiger partial charge in [-0.3, -0.25) is 9.59 Å². The molecule has 1 aliphatic heterocycles. The average Bonchev–Trinajstić information content (AvgIpc) is 2.85. The summed E-state index contributed by atoms with van der Waals surface area (Å²) in [6.07, 6.45) is 5.71. The second-order valence-corrected chi connectivity index (χ2v) is 9.46. The van der Waals surface area contributed by atoms with Gasteiger partial charge < -0.3 is 19.5 Å². The van der Waals surface area contributed by atoms with Crippen LogP contribution in [-0.2, 0) is 40.1 Å². The van der Waals surface area contributed by atoms with Crippen molar-refractivity contribution in [1.82, 2.24) is 9.88 Å². The van der Waals surface area contributed by atoms with Crippen LogP contribution in [0.4, 0.5) is 4.79 Å². The molecular weight excluding hydrogens is 448 g/mol. The molecule has 0 spiro atoms. The molecule has 186 valence electrons. The van der Waals surface area contributed by atoms with Crippen LogP contribution < -0.4 is 4.74 Å². The number of carbonyl (C=O) groups excluding carboxylic acids is 2. The van der Waals surface area contributed by atoms with Crippen molar-refractivity contribution in [2.45, 2.75) is 64.0 Å². The number of ketones is 1. The van der Waals surface area contributed by atoms with Crippen LogP contribution in [0.3, 0.4) is 0 Å². The molecule has 0 atom stereocenters. The van der Waals surface area contributed by atoms with Crippen molar-refractivity contribution in [3.8, 4) is 5.88 Å². The summed E-state index contributed by atoms with van der Waals surface area (Å²) in [6.45, 7) is 1.06. The largest absolute Gasteiger partial charge is 0.481 e. The van der Waals surface area contributed by atoms with E-state index in [1.807, 2.05) is 18.2 Å². The minimum absolute atomic E-state index is 0.0929. The number of pyridine rings is 1. The van der Waals surface area contributed by atoms with E-state index in [0.29, 0.717) is 31.8 Å². The Bertz CT molecular complexity index is 1080. The SMILES string of the molecule is COc1ncccc1CC(=O)Cc1ccc2c(c1)CCN(C(=O)OC1CCC(CC(=O)O)CC1)C2. The summed E-state index contributed by atoms with van der Waals surface area (Å²) in [7, 11) is 1.55. The molecule has 1 N–H and O–H groups in total. The first kappa shape index (κ1) is 24.7. The quantitative estimate of drug-likeness (QED) is 0.609. The minimum Gasteiger partial charge on any atom is -0.481 e. The highest BCUT2D eigenvalue weighted by atomic mass is 16.6. The van der Waals surface area contributed by atoms with Crippen LogP contribution >= 0.6 is 0 Å². The molecular formula is C27H32N2O6. The fraction of sp³-hybridized carbons (Fsp3) is 0.481. The van der Waals surface area contributed by atoms with Gasteiger partial charge in [-0.15, -0.1) is 0 Å². The first-order chi connectivity index (χ1) is 16.9. The molecule has 1 aromatic carbocycles. The number of carboxylic acid groups (broad SMARTS) is 1. The van der Waals surface area contributed by atoms with E-state index in [1.165, 1.54) is 0 Å². The predicted octanol–water partition coefficient (Wildman–Crippen LogP) is 3.97. The summed E-state index contributed by atoms with van der Waals surface area (Å²) < 4.78 is 11.0.